The molecule has 0 saturated heterocycles. The molecule has 0 fully saturated rings. The molecule has 0 amide bonds. The number of hydrogen-bond donors (Lipinski definition) is 1. The summed E-state index contributed by atoms with van der Waals surface area (Å²) in [7, 11) is 1.97. The van der Waals surface area contributed by atoms with E-state index in [-0.39, 0.29) is 5.69 Å². The lowest BCUT2D eigenvalue weighted by molar-refractivity contribution is -0.384. The normalized spacial score (nSPS) is 10.6. The second-order valence-corrected chi connectivity index (χ2v) is 4.08. The highest BCUT2D eigenvalue weighted by Gasteiger charge is 2.16. The highest BCUT2D eigenvalue weighted by Crippen LogP contribution is 2.29. The van der Waals surface area contributed by atoms with Crippen LogP contribution in [0.15, 0.2) is 18.2 Å². The Hall–Kier alpha value is -1.78. The van der Waals surface area contributed by atoms with Gasteiger partial charge in [-0.3, -0.25) is 10.1 Å². The number of non-ortho nitro benzene ring substituents is 1. The molecule has 94 valence electrons. The number of anilines is 2. The number of nitrogen functional groups attached to an aromatic ring is 1. The SMILES string of the molecule is CCC(CC)N(C)c1ccc([N+](=O)[O-])cc1N. The molecule has 5 heteroatoms. The topological polar surface area (TPSA) is 72.4 Å². The molecule has 0 aromatic heterocycles. The van der Waals surface area contributed by atoms with Crippen LogP contribution in [0.2, 0.25) is 0 Å². The first-order chi connectivity index (χ1) is 8.01. The van der Waals surface area contributed by atoms with Crippen LogP contribution >= 0.6 is 0 Å². The molecule has 0 aliphatic heterocycles. The van der Waals surface area contributed by atoms with E-state index in [9.17, 15) is 10.1 Å². The molecule has 1 aromatic carbocycles. The number of nitrogens with zero attached hydrogens (tertiary/aromatic N) is 2. The highest BCUT2D eigenvalue weighted by atomic mass is 16.6. The lowest BCUT2D eigenvalue weighted by atomic mass is 10.1. The Kier molecular flexibility index (Phi) is 4.31. The minimum Gasteiger partial charge on any atom is -0.397 e. The Morgan fingerprint density at radius 1 is 1.41 bits per heavy atom. The quantitative estimate of drug-likeness (QED) is 0.485. The first-order valence-electron chi connectivity index (χ1n) is 5.78. The molecule has 5 nitrogen and oxygen atoms in total. The van der Waals surface area contributed by atoms with Crippen LogP contribution in [0.25, 0.3) is 0 Å². The molecule has 0 bridgehead atoms. The van der Waals surface area contributed by atoms with Crippen LogP contribution in [0, 0.1) is 10.1 Å². The van der Waals surface area contributed by atoms with Crippen LogP contribution in [0.1, 0.15) is 26.7 Å². The van der Waals surface area contributed by atoms with E-state index in [4.69, 9.17) is 5.73 Å². The van der Waals surface area contributed by atoms with E-state index in [2.05, 4.69) is 18.7 Å². The maximum atomic E-state index is 10.6. The molecule has 0 aliphatic carbocycles. The van der Waals surface area contributed by atoms with E-state index in [0.717, 1.165) is 18.5 Å². The van der Waals surface area contributed by atoms with Crippen molar-refractivity contribution in [2.24, 2.45) is 0 Å². The average Bonchev–Trinajstić information content (AvgIpc) is 2.30. The van der Waals surface area contributed by atoms with Gasteiger partial charge in [0.1, 0.15) is 0 Å². The lowest BCUT2D eigenvalue weighted by Crippen LogP contribution is -2.30. The summed E-state index contributed by atoms with van der Waals surface area (Å²) < 4.78 is 0. The molecule has 17 heavy (non-hydrogen) atoms. The van der Waals surface area contributed by atoms with Gasteiger partial charge in [-0.1, -0.05) is 13.8 Å². The van der Waals surface area contributed by atoms with Crippen LogP contribution in [-0.2, 0) is 0 Å². The van der Waals surface area contributed by atoms with Gasteiger partial charge in [-0.25, -0.2) is 0 Å². The smallest absolute Gasteiger partial charge is 0.271 e. The molecule has 0 saturated carbocycles. The number of nitrogens with two attached hydrogens (primary N) is 1. The number of nitro groups is 1. The van der Waals surface area contributed by atoms with Gasteiger partial charge in [0.2, 0.25) is 0 Å². The van der Waals surface area contributed by atoms with Crippen LogP contribution in [0.5, 0.6) is 0 Å². The summed E-state index contributed by atoms with van der Waals surface area (Å²) in [6, 6.07) is 5.02. The van der Waals surface area contributed by atoms with Crippen molar-refractivity contribution in [1.82, 2.24) is 0 Å². The molecule has 0 atom stereocenters. The van der Waals surface area contributed by atoms with Crippen LogP contribution in [0.4, 0.5) is 17.1 Å². The first kappa shape index (κ1) is 13.3. The van der Waals surface area contributed by atoms with Crippen molar-refractivity contribution in [2.45, 2.75) is 32.7 Å². The van der Waals surface area contributed by atoms with Gasteiger partial charge in [-0.15, -0.1) is 0 Å². The summed E-state index contributed by atoms with van der Waals surface area (Å²) in [5.74, 6) is 0. The molecule has 1 aromatic rings. The zero-order valence-corrected chi connectivity index (χ0v) is 10.5. The fourth-order valence-electron chi connectivity index (χ4n) is 2.01. The van der Waals surface area contributed by atoms with E-state index < -0.39 is 4.92 Å². The van der Waals surface area contributed by atoms with Crippen molar-refractivity contribution in [3.63, 3.8) is 0 Å². The summed E-state index contributed by atoms with van der Waals surface area (Å²) in [5, 5.41) is 10.6. The van der Waals surface area contributed by atoms with Crippen molar-refractivity contribution < 1.29 is 4.92 Å². The van der Waals surface area contributed by atoms with Crippen LogP contribution in [-0.4, -0.2) is 18.0 Å². The summed E-state index contributed by atoms with van der Waals surface area (Å²) in [5.41, 5.74) is 7.20. The molecular weight excluding hydrogens is 218 g/mol. The molecule has 0 radical (unpaired) electrons. The Morgan fingerprint density at radius 3 is 2.41 bits per heavy atom. The second-order valence-electron chi connectivity index (χ2n) is 4.08. The molecule has 0 spiro atoms. The molecule has 0 heterocycles. The molecule has 2 N–H and O–H groups in total. The Balaban J connectivity index is 3.03. The van der Waals surface area contributed by atoms with Gasteiger partial charge >= 0.3 is 0 Å². The zero-order chi connectivity index (χ0) is 13.0. The standard InChI is InChI=1S/C12H19N3O2/c1-4-9(5-2)14(3)12-7-6-10(15(16)17)8-11(12)13/h6-9H,4-5,13H2,1-3H3. The minimum absolute atomic E-state index is 0.0317. The van der Waals surface area contributed by atoms with Crippen molar-refractivity contribution in [1.29, 1.82) is 0 Å². The van der Waals surface area contributed by atoms with Gasteiger partial charge in [0, 0.05) is 25.2 Å². The number of benzene rings is 1. The molecule has 0 aliphatic rings. The Labute approximate surface area is 101 Å². The van der Waals surface area contributed by atoms with Gasteiger partial charge in [-0.05, 0) is 18.9 Å². The number of hydrogen-bond acceptors (Lipinski definition) is 4. The van der Waals surface area contributed by atoms with Crippen molar-refractivity contribution in [3.8, 4) is 0 Å². The van der Waals surface area contributed by atoms with Crippen LogP contribution in [0.3, 0.4) is 0 Å². The maximum absolute atomic E-state index is 10.6. The van der Waals surface area contributed by atoms with Crippen molar-refractivity contribution in [2.75, 3.05) is 17.7 Å². The number of nitro benzene ring substituents is 1. The summed E-state index contributed by atoms with van der Waals surface area (Å²) in [6.45, 7) is 4.23. The third-order valence-corrected chi connectivity index (χ3v) is 3.09. The monoisotopic (exact) mass is 237 g/mol. The highest BCUT2D eigenvalue weighted by molar-refractivity contribution is 5.70. The Bertz CT molecular complexity index is 403. The van der Waals surface area contributed by atoms with Gasteiger partial charge < -0.3 is 10.6 Å². The van der Waals surface area contributed by atoms with Crippen molar-refractivity contribution >= 4 is 17.1 Å². The number of rotatable bonds is 5. The predicted octanol–water partition coefficient (Wildman–Crippen LogP) is 2.80. The third-order valence-electron chi connectivity index (χ3n) is 3.09. The third kappa shape index (κ3) is 2.87. The summed E-state index contributed by atoms with van der Waals surface area (Å²) in [4.78, 5) is 12.3. The van der Waals surface area contributed by atoms with E-state index in [1.54, 1.807) is 6.07 Å². The maximum Gasteiger partial charge on any atom is 0.271 e. The fourth-order valence-corrected chi connectivity index (χ4v) is 2.01. The van der Waals surface area contributed by atoms with Gasteiger partial charge in [-0.2, -0.15) is 0 Å². The minimum atomic E-state index is -0.433. The Morgan fingerprint density at radius 2 is 2.00 bits per heavy atom. The lowest BCUT2D eigenvalue weighted by Gasteiger charge is -2.29. The largest absolute Gasteiger partial charge is 0.397 e. The van der Waals surface area contributed by atoms with Gasteiger partial charge in [0.05, 0.1) is 16.3 Å². The van der Waals surface area contributed by atoms with Gasteiger partial charge in [0.25, 0.3) is 5.69 Å². The second kappa shape index (κ2) is 5.52. The molecular formula is C12H19N3O2. The van der Waals surface area contributed by atoms with Gasteiger partial charge in [0.15, 0.2) is 0 Å². The van der Waals surface area contributed by atoms with E-state index in [0.29, 0.717) is 11.7 Å². The first-order valence-corrected chi connectivity index (χ1v) is 5.78. The molecule has 0 unspecified atom stereocenters. The molecule has 1 rings (SSSR count). The van der Waals surface area contributed by atoms with E-state index in [1.807, 2.05) is 7.05 Å². The van der Waals surface area contributed by atoms with E-state index >= 15 is 0 Å². The summed E-state index contributed by atoms with van der Waals surface area (Å²) >= 11 is 0. The average molecular weight is 237 g/mol. The predicted molar refractivity (Wildman–Crippen MR) is 70.3 cm³/mol. The summed E-state index contributed by atoms with van der Waals surface area (Å²) in [6.07, 6.45) is 2.03. The van der Waals surface area contributed by atoms with Crippen LogP contribution < -0.4 is 10.6 Å². The zero-order valence-electron chi connectivity index (χ0n) is 10.5. The van der Waals surface area contributed by atoms with Crippen molar-refractivity contribution in [3.05, 3.63) is 28.3 Å². The van der Waals surface area contributed by atoms with E-state index in [1.165, 1.54) is 12.1 Å². The fraction of sp³-hybridized carbons (Fsp3) is 0.500.